The third kappa shape index (κ3) is 5.36. The van der Waals surface area contributed by atoms with Crippen molar-refractivity contribution >= 4 is 58.0 Å². The Kier molecular flexibility index (Phi) is 6.73. The lowest BCUT2D eigenvalue weighted by Gasteiger charge is -2.14. The molecule has 2 aromatic rings. The molecule has 0 heterocycles. The first-order valence-electron chi connectivity index (χ1n) is 8.97. The number of anilines is 3. The van der Waals surface area contributed by atoms with Crippen LogP contribution in [0, 0.1) is 29.2 Å². The summed E-state index contributed by atoms with van der Waals surface area (Å²) in [6.45, 7) is 0. The van der Waals surface area contributed by atoms with Crippen LogP contribution in [0.5, 0.6) is 0 Å². The highest BCUT2D eigenvalue weighted by Gasteiger charge is 2.56. The van der Waals surface area contributed by atoms with E-state index in [9.17, 15) is 45.1 Å². The molecule has 1 fully saturated rings. The molecule has 15 heteroatoms. The van der Waals surface area contributed by atoms with E-state index in [1.54, 1.807) is 5.32 Å². The minimum Gasteiger partial charge on any atom is -0.326 e. The van der Waals surface area contributed by atoms with Gasteiger partial charge in [-0.15, -0.1) is 23.2 Å². The van der Waals surface area contributed by atoms with Gasteiger partial charge in [0.15, 0.2) is 17.5 Å². The molecule has 34 heavy (non-hydrogen) atoms. The summed E-state index contributed by atoms with van der Waals surface area (Å²) in [4.78, 5) is 35.4. The molecule has 3 rings (SSSR count). The van der Waals surface area contributed by atoms with Crippen LogP contribution in [-0.2, 0) is 9.59 Å². The summed E-state index contributed by atoms with van der Waals surface area (Å²) in [5, 5.41) is 4.88. The number of carbonyl (C=O) groups is 3. The maximum absolute atomic E-state index is 14.5. The normalized spacial score (nSPS) is 16.6. The zero-order valence-electron chi connectivity index (χ0n) is 16.2. The van der Waals surface area contributed by atoms with Gasteiger partial charge in [0.05, 0.1) is 17.2 Å². The molecule has 0 aliphatic heterocycles. The average Bonchev–Trinajstić information content (AvgIpc) is 3.37. The SMILES string of the molecule is O=C(Nc1ccc(F)c(NC(=O)C(F)(F)F)c1F)c1cc(NC(=O)[C@H]2CC2(Cl)Cl)cc(F)c1F. The minimum absolute atomic E-state index is 0.0933. The minimum atomic E-state index is -5.48. The number of benzene rings is 2. The number of rotatable bonds is 5. The monoisotopic (exact) mass is 531 g/mol. The predicted molar refractivity (Wildman–Crippen MR) is 107 cm³/mol. The standard InChI is InChI=1S/C19H10Cl2F7N3O3/c20-18(21)5-8(18)16(33)29-6-3-7(12(24)10(23)4-6)15(32)30-11-2-1-9(22)14(13(11)25)31-17(34)19(26,27)28/h1-4,8H,5H2,(H,29,33)(H,30,32)(H,31,34)/t8-/m1/s1. The van der Waals surface area contributed by atoms with Crippen LogP contribution in [0.3, 0.4) is 0 Å². The van der Waals surface area contributed by atoms with Crippen molar-refractivity contribution in [2.45, 2.75) is 16.9 Å². The fraction of sp³-hybridized carbons (Fsp3) is 0.211. The predicted octanol–water partition coefficient (Wildman–Crippen LogP) is 5.13. The van der Waals surface area contributed by atoms with E-state index in [1.165, 1.54) is 0 Å². The molecule has 0 aromatic heterocycles. The van der Waals surface area contributed by atoms with Crippen molar-refractivity contribution in [2.75, 3.05) is 16.0 Å². The van der Waals surface area contributed by atoms with Crippen molar-refractivity contribution in [2.24, 2.45) is 5.92 Å². The summed E-state index contributed by atoms with van der Waals surface area (Å²) in [7, 11) is 0. The molecule has 0 spiro atoms. The average molecular weight is 532 g/mol. The Bertz CT molecular complexity index is 1200. The molecule has 3 N–H and O–H groups in total. The van der Waals surface area contributed by atoms with Gasteiger partial charge in [-0.3, -0.25) is 14.4 Å². The van der Waals surface area contributed by atoms with Gasteiger partial charge in [0.1, 0.15) is 15.8 Å². The fourth-order valence-electron chi connectivity index (χ4n) is 2.69. The summed E-state index contributed by atoms with van der Waals surface area (Å²) in [5.41, 5.74) is -3.94. The lowest BCUT2D eigenvalue weighted by Crippen LogP contribution is -2.31. The van der Waals surface area contributed by atoms with Crippen LogP contribution in [0.2, 0.25) is 0 Å². The Morgan fingerprint density at radius 3 is 2.09 bits per heavy atom. The first-order chi connectivity index (χ1) is 15.6. The van der Waals surface area contributed by atoms with E-state index in [1.807, 2.05) is 0 Å². The van der Waals surface area contributed by atoms with Crippen molar-refractivity contribution in [1.29, 1.82) is 0 Å². The Hall–Kier alpha value is -3.06. The summed E-state index contributed by atoms with van der Waals surface area (Å²) in [6, 6.07) is 2.21. The zero-order valence-corrected chi connectivity index (χ0v) is 17.7. The van der Waals surface area contributed by atoms with Gasteiger partial charge in [0.25, 0.3) is 5.91 Å². The third-order valence-electron chi connectivity index (χ3n) is 4.52. The number of nitrogens with one attached hydrogen (secondary N) is 3. The lowest BCUT2D eigenvalue weighted by molar-refractivity contribution is -0.167. The summed E-state index contributed by atoms with van der Waals surface area (Å²) >= 11 is 11.5. The van der Waals surface area contributed by atoms with Crippen LogP contribution in [0.15, 0.2) is 24.3 Å². The highest BCUT2D eigenvalue weighted by atomic mass is 35.5. The highest BCUT2D eigenvalue weighted by Crippen LogP contribution is 2.53. The van der Waals surface area contributed by atoms with Crippen molar-refractivity contribution in [3.05, 3.63) is 53.1 Å². The smallest absolute Gasteiger partial charge is 0.326 e. The second-order valence-corrected chi connectivity index (χ2v) is 8.56. The van der Waals surface area contributed by atoms with Gasteiger partial charge in [-0.05, 0) is 24.6 Å². The van der Waals surface area contributed by atoms with Crippen LogP contribution in [0.25, 0.3) is 0 Å². The number of hydrogen-bond acceptors (Lipinski definition) is 3. The molecule has 1 aliphatic rings. The Labute approximate surface area is 195 Å². The number of amides is 3. The van der Waals surface area contributed by atoms with Gasteiger partial charge >= 0.3 is 12.1 Å². The summed E-state index contributed by atoms with van der Waals surface area (Å²) in [6.07, 6.45) is -5.38. The van der Waals surface area contributed by atoms with Gasteiger partial charge in [-0.2, -0.15) is 13.2 Å². The van der Waals surface area contributed by atoms with Crippen molar-refractivity contribution in [1.82, 2.24) is 0 Å². The van der Waals surface area contributed by atoms with E-state index in [-0.39, 0.29) is 12.1 Å². The van der Waals surface area contributed by atoms with Crippen LogP contribution in [0.4, 0.5) is 47.8 Å². The maximum atomic E-state index is 14.5. The Balaban J connectivity index is 1.85. The highest BCUT2D eigenvalue weighted by molar-refractivity contribution is 6.52. The first-order valence-corrected chi connectivity index (χ1v) is 9.72. The largest absolute Gasteiger partial charge is 0.471 e. The molecule has 3 amide bonds. The molecule has 1 saturated carbocycles. The van der Waals surface area contributed by atoms with E-state index in [4.69, 9.17) is 23.2 Å². The van der Waals surface area contributed by atoms with Crippen molar-refractivity contribution < 1.29 is 45.1 Å². The van der Waals surface area contributed by atoms with E-state index in [0.29, 0.717) is 24.3 Å². The van der Waals surface area contributed by atoms with Gasteiger partial charge in [-0.1, -0.05) is 0 Å². The number of carbonyl (C=O) groups excluding carboxylic acids is 3. The van der Waals surface area contributed by atoms with E-state index in [0.717, 1.165) is 5.32 Å². The van der Waals surface area contributed by atoms with Crippen molar-refractivity contribution in [3.63, 3.8) is 0 Å². The van der Waals surface area contributed by atoms with E-state index in [2.05, 4.69) is 5.32 Å². The molecule has 1 aliphatic carbocycles. The van der Waals surface area contributed by atoms with Crippen LogP contribution < -0.4 is 16.0 Å². The van der Waals surface area contributed by atoms with Crippen molar-refractivity contribution in [3.8, 4) is 0 Å². The topological polar surface area (TPSA) is 87.3 Å². The zero-order chi connectivity index (χ0) is 25.6. The fourth-order valence-corrected chi connectivity index (χ4v) is 3.20. The second kappa shape index (κ2) is 8.95. The van der Waals surface area contributed by atoms with Gasteiger partial charge in [0.2, 0.25) is 5.91 Å². The van der Waals surface area contributed by atoms with E-state index >= 15 is 0 Å². The van der Waals surface area contributed by atoms with Crippen LogP contribution in [-0.4, -0.2) is 28.2 Å². The molecule has 0 radical (unpaired) electrons. The molecule has 182 valence electrons. The number of halogens is 9. The first kappa shape index (κ1) is 25.6. The molecule has 0 bridgehead atoms. The van der Waals surface area contributed by atoms with Crippen LogP contribution >= 0.6 is 23.2 Å². The molecule has 6 nitrogen and oxygen atoms in total. The molecule has 1 atom stereocenters. The Morgan fingerprint density at radius 1 is 0.912 bits per heavy atom. The Morgan fingerprint density at radius 2 is 1.53 bits per heavy atom. The lowest BCUT2D eigenvalue weighted by atomic mass is 10.1. The molecule has 0 saturated heterocycles. The molecule has 2 aromatic carbocycles. The number of hydrogen-bond donors (Lipinski definition) is 3. The van der Waals surface area contributed by atoms with Gasteiger partial charge in [0, 0.05) is 11.8 Å². The van der Waals surface area contributed by atoms with Gasteiger partial charge < -0.3 is 16.0 Å². The summed E-state index contributed by atoms with van der Waals surface area (Å²) < 4.78 is 92.2. The molecular weight excluding hydrogens is 522 g/mol. The maximum Gasteiger partial charge on any atom is 0.471 e. The molecular formula is C19H10Cl2F7N3O3. The summed E-state index contributed by atoms with van der Waals surface area (Å²) in [5.74, 6) is -12.5. The second-order valence-electron chi connectivity index (χ2n) is 7.02. The van der Waals surface area contributed by atoms with Crippen LogP contribution in [0.1, 0.15) is 16.8 Å². The third-order valence-corrected chi connectivity index (χ3v) is 5.35. The quantitative estimate of drug-likeness (QED) is 0.369. The number of alkyl halides is 5. The van der Waals surface area contributed by atoms with Gasteiger partial charge in [-0.25, -0.2) is 17.6 Å². The van der Waals surface area contributed by atoms with E-state index < -0.39 is 74.4 Å². The molecule has 0 unspecified atom stereocenters.